The van der Waals surface area contributed by atoms with Crippen molar-refractivity contribution >= 4 is 23.3 Å². The number of amides is 2. The maximum absolute atomic E-state index is 13.3. The van der Waals surface area contributed by atoms with E-state index in [-0.39, 0.29) is 23.5 Å². The Morgan fingerprint density at radius 2 is 1.67 bits per heavy atom. The summed E-state index contributed by atoms with van der Waals surface area (Å²) in [4.78, 5) is 41.1. The van der Waals surface area contributed by atoms with Gasteiger partial charge in [-0.2, -0.15) is 0 Å². The van der Waals surface area contributed by atoms with Crippen LogP contribution in [0.15, 0.2) is 54.6 Å². The van der Waals surface area contributed by atoms with E-state index in [9.17, 15) is 14.4 Å². The Hall–Kier alpha value is -2.99. The van der Waals surface area contributed by atoms with E-state index in [2.05, 4.69) is 10.2 Å². The van der Waals surface area contributed by atoms with E-state index in [1.54, 1.807) is 43.3 Å². The van der Waals surface area contributed by atoms with E-state index in [0.29, 0.717) is 24.3 Å². The van der Waals surface area contributed by atoms with Crippen LogP contribution in [-0.2, 0) is 9.59 Å². The molecule has 0 aliphatic carbocycles. The summed E-state index contributed by atoms with van der Waals surface area (Å²) < 4.78 is 0. The van der Waals surface area contributed by atoms with Gasteiger partial charge >= 0.3 is 0 Å². The molecule has 1 fully saturated rings. The molecule has 30 heavy (non-hydrogen) atoms. The van der Waals surface area contributed by atoms with Crippen LogP contribution in [0.2, 0.25) is 0 Å². The number of piperidine rings is 1. The van der Waals surface area contributed by atoms with Crippen LogP contribution < -0.4 is 5.32 Å². The fourth-order valence-corrected chi connectivity index (χ4v) is 3.96. The number of nitrogens with zero attached hydrogens (tertiary/aromatic N) is 2. The van der Waals surface area contributed by atoms with Crippen LogP contribution in [0.1, 0.15) is 41.7 Å². The fraction of sp³-hybridized carbons (Fsp3) is 0.375. The number of rotatable bonds is 6. The molecule has 158 valence electrons. The van der Waals surface area contributed by atoms with Gasteiger partial charge in [-0.15, -0.1) is 0 Å². The Kier molecular flexibility index (Phi) is 7.00. The van der Waals surface area contributed by atoms with Gasteiger partial charge in [0.25, 0.3) is 0 Å². The third kappa shape index (κ3) is 5.13. The molecule has 0 spiro atoms. The smallest absolute Gasteiger partial charge is 0.246 e. The topological polar surface area (TPSA) is 69.7 Å². The first kappa shape index (κ1) is 21.7. The molecule has 1 aliphatic heterocycles. The molecule has 0 aromatic heterocycles. The number of hydrogen-bond acceptors (Lipinski definition) is 4. The van der Waals surface area contributed by atoms with Gasteiger partial charge in [0.15, 0.2) is 5.78 Å². The molecule has 1 atom stereocenters. The standard InChI is InChI=1S/C24H29N3O3/c1-17(28)20-10-7-11-21(16-20)25-23(29)22(18-8-5-4-6-9-18)27-14-12-19(13-15-27)24(30)26(2)3/h4-11,16,19,22H,12-15H2,1-3H3,(H,25,29)/t22-/m0/s1. The third-order valence-corrected chi connectivity index (χ3v) is 5.59. The third-order valence-electron chi connectivity index (χ3n) is 5.59. The van der Waals surface area contributed by atoms with Crippen molar-refractivity contribution in [2.45, 2.75) is 25.8 Å². The van der Waals surface area contributed by atoms with Crippen LogP contribution in [0, 0.1) is 5.92 Å². The first-order chi connectivity index (χ1) is 14.4. The van der Waals surface area contributed by atoms with Gasteiger partial charge in [0, 0.05) is 31.3 Å². The summed E-state index contributed by atoms with van der Waals surface area (Å²) in [5, 5.41) is 2.98. The Labute approximate surface area is 177 Å². The van der Waals surface area contributed by atoms with Crippen LogP contribution >= 0.6 is 0 Å². The number of hydrogen-bond donors (Lipinski definition) is 1. The first-order valence-electron chi connectivity index (χ1n) is 10.3. The quantitative estimate of drug-likeness (QED) is 0.746. The highest BCUT2D eigenvalue weighted by Crippen LogP contribution is 2.29. The minimum Gasteiger partial charge on any atom is -0.349 e. The maximum atomic E-state index is 13.3. The number of carbonyl (C=O) groups is 3. The molecular formula is C24H29N3O3. The second-order valence-corrected chi connectivity index (χ2v) is 7.98. The molecule has 6 heteroatoms. The summed E-state index contributed by atoms with van der Waals surface area (Å²) in [5.41, 5.74) is 2.08. The lowest BCUT2D eigenvalue weighted by Gasteiger charge is -2.37. The zero-order valence-corrected chi connectivity index (χ0v) is 17.8. The normalized spacial score (nSPS) is 16.0. The van der Waals surface area contributed by atoms with Gasteiger partial charge in [0.1, 0.15) is 6.04 Å². The average Bonchev–Trinajstić information content (AvgIpc) is 2.74. The number of carbonyl (C=O) groups excluding carboxylic acids is 3. The Morgan fingerprint density at radius 3 is 2.27 bits per heavy atom. The first-order valence-corrected chi connectivity index (χ1v) is 10.3. The zero-order valence-electron chi connectivity index (χ0n) is 17.8. The minimum atomic E-state index is -0.456. The predicted octanol–water partition coefficient (Wildman–Crippen LogP) is 3.37. The van der Waals surface area contributed by atoms with E-state index < -0.39 is 6.04 Å². The Bertz CT molecular complexity index is 903. The van der Waals surface area contributed by atoms with Crippen molar-refractivity contribution in [2.24, 2.45) is 5.92 Å². The molecule has 2 aromatic rings. The van der Waals surface area contributed by atoms with Gasteiger partial charge in [-0.05, 0) is 50.6 Å². The molecule has 1 N–H and O–H groups in total. The van der Waals surface area contributed by atoms with Crippen molar-refractivity contribution in [3.8, 4) is 0 Å². The van der Waals surface area contributed by atoms with Crippen molar-refractivity contribution in [2.75, 3.05) is 32.5 Å². The Morgan fingerprint density at radius 1 is 1.00 bits per heavy atom. The van der Waals surface area contributed by atoms with Gasteiger partial charge in [0.2, 0.25) is 11.8 Å². The van der Waals surface area contributed by atoms with Crippen LogP contribution in [0.25, 0.3) is 0 Å². The molecule has 0 radical (unpaired) electrons. The van der Waals surface area contributed by atoms with E-state index in [1.807, 2.05) is 30.3 Å². The van der Waals surface area contributed by atoms with Crippen molar-refractivity contribution in [1.82, 2.24) is 9.80 Å². The van der Waals surface area contributed by atoms with Crippen molar-refractivity contribution < 1.29 is 14.4 Å². The molecule has 1 saturated heterocycles. The number of likely N-dealkylation sites (tertiary alicyclic amines) is 1. The van der Waals surface area contributed by atoms with Crippen LogP contribution in [0.4, 0.5) is 5.69 Å². The van der Waals surface area contributed by atoms with Gasteiger partial charge in [0.05, 0.1) is 0 Å². The lowest BCUT2D eigenvalue weighted by atomic mass is 9.93. The summed E-state index contributed by atoms with van der Waals surface area (Å²) in [5.74, 6) is -0.0305. The highest BCUT2D eigenvalue weighted by Gasteiger charge is 2.33. The molecule has 2 aromatic carbocycles. The molecule has 0 unspecified atom stereocenters. The van der Waals surface area contributed by atoms with E-state index in [0.717, 1.165) is 18.4 Å². The molecular weight excluding hydrogens is 378 g/mol. The lowest BCUT2D eigenvalue weighted by Crippen LogP contribution is -2.44. The zero-order chi connectivity index (χ0) is 21.7. The van der Waals surface area contributed by atoms with Gasteiger partial charge in [-0.25, -0.2) is 0 Å². The lowest BCUT2D eigenvalue weighted by molar-refractivity contribution is -0.135. The second-order valence-electron chi connectivity index (χ2n) is 7.98. The highest BCUT2D eigenvalue weighted by molar-refractivity contribution is 5.98. The average molecular weight is 408 g/mol. The van der Waals surface area contributed by atoms with E-state index >= 15 is 0 Å². The predicted molar refractivity (Wildman–Crippen MR) is 117 cm³/mol. The number of ketones is 1. The number of Topliss-reactive ketones (excluding diaryl/α,β-unsaturated/α-hetero) is 1. The van der Waals surface area contributed by atoms with Crippen LogP contribution in [-0.4, -0.2) is 54.6 Å². The highest BCUT2D eigenvalue weighted by atomic mass is 16.2. The summed E-state index contributed by atoms with van der Waals surface area (Å²) in [6, 6.07) is 16.2. The molecule has 2 amide bonds. The fourth-order valence-electron chi connectivity index (χ4n) is 3.96. The van der Waals surface area contributed by atoms with Crippen molar-refractivity contribution in [3.63, 3.8) is 0 Å². The monoisotopic (exact) mass is 407 g/mol. The number of nitrogens with one attached hydrogen (secondary N) is 1. The van der Waals surface area contributed by atoms with Crippen molar-refractivity contribution in [3.05, 3.63) is 65.7 Å². The molecule has 3 rings (SSSR count). The SMILES string of the molecule is CC(=O)c1cccc(NC(=O)[C@H](c2ccccc2)N2CCC(C(=O)N(C)C)CC2)c1. The molecule has 6 nitrogen and oxygen atoms in total. The second kappa shape index (κ2) is 9.67. The Balaban J connectivity index is 1.79. The molecule has 1 heterocycles. The van der Waals surface area contributed by atoms with Crippen LogP contribution in [0.3, 0.4) is 0 Å². The van der Waals surface area contributed by atoms with Gasteiger partial charge in [-0.1, -0.05) is 42.5 Å². The van der Waals surface area contributed by atoms with E-state index in [1.165, 1.54) is 6.92 Å². The molecule has 0 bridgehead atoms. The summed E-state index contributed by atoms with van der Waals surface area (Å²) in [7, 11) is 3.56. The minimum absolute atomic E-state index is 0.00276. The molecule has 0 saturated carbocycles. The summed E-state index contributed by atoms with van der Waals surface area (Å²) >= 11 is 0. The number of benzene rings is 2. The summed E-state index contributed by atoms with van der Waals surface area (Å²) in [6.45, 7) is 2.85. The maximum Gasteiger partial charge on any atom is 0.246 e. The largest absolute Gasteiger partial charge is 0.349 e. The number of anilines is 1. The molecule has 1 aliphatic rings. The van der Waals surface area contributed by atoms with E-state index in [4.69, 9.17) is 0 Å². The van der Waals surface area contributed by atoms with Crippen LogP contribution in [0.5, 0.6) is 0 Å². The van der Waals surface area contributed by atoms with Crippen molar-refractivity contribution in [1.29, 1.82) is 0 Å². The van der Waals surface area contributed by atoms with Gasteiger partial charge < -0.3 is 10.2 Å². The van der Waals surface area contributed by atoms with Gasteiger partial charge in [-0.3, -0.25) is 19.3 Å². The summed E-state index contributed by atoms with van der Waals surface area (Å²) in [6.07, 6.45) is 1.46.